The van der Waals surface area contributed by atoms with Gasteiger partial charge in [0.15, 0.2) is 11.4 Å². The average Bonchev–Trinajstić information content (AvgIpc) is 3.09. The topological polar surface area (TPSA) is 80.6 Å². The summed E-state index contributed by atoms with van der Waals surface area (Å²) in [5, 5.41) is 2.35. The van der Waals surface area contributed by atoms with Crippen molar-refractivity contribution in [2.24, 2.45) is 5.92 Å². The van der Waals surface area contributed by atoms with Gasteiger partial charge in [-0.05, 0) is 31.6 Å². The maximum absolute atomic E-state index is 14.0. The maximum Gasteiger partial charge on any atom is 0.275 e. The number of unbranched alkanes of at least 4 members (excludes halogenated alkanes) is 1. The molecule has 1 aromatic carbocycles. The molecule has 1 saturated carbocycles. The smallest absolute Gasteiger partial charge is 0.275 e. The van der Waals surface area contributed by atoms with E-state index in [2.05, 4.69) is 5.32 Å². The fourth-order valence-corrected chi connectivity index (χ4v) is 5.89. The third-order valence-electron chi connectivity index (χ3n) is 7.61. The number of rotatable bonds is 7. The van der Waals surface area contributed by atoms with Crippen molar-refractivity contribution in [3.8, 4) is 5.75 Å². The molecule has 2 amide bonds. The predicted octanol–water partition coefficient (Wildman–Crippen LogP) is 3.77. The molecule has 1 aliphatic carbocycles. The molecular weight excluding hydrogens is 475 g/mol. The molecule has 7 nitrogen and oxygen atoms in total. The number of carbonyl (C=O) groups is 2. The van der Waals surface area contributed by atoms with E-state index in [-0.39, 0.29) is 35.1 Å². The lowest BCUT2D eigenvalue weighted by atomic mass is 9.79. The van der Waals surface area contributed by atoms with Crippen LogP contribution in [0.25, 0.3) is 0 Å². The number of halogens is 3. The van der Waals surface area contributed by atoms with E-state index in [0.717, 1.165) is 32.1 Å². The maximum atomic E-state index is 14.0. The summed E-state index contributed by atoms with van der Waals surface area (Å²) in [6.07, 6.45) is 6.60. The van der Waals surface area contributed by atoms with E-state index in [1.165, 1.54) is 6.20 Å². The van der Waals surface area contributed by atoms with Crippen LogP contribution in [0.1, 0.15) is 71.9 Å². The summed E-state index contributed by atoms with van der Waals surface area (Å²) in [5.41, 5.74) is -1.76. The van der Waals surface area contributed by atoms with Crippen LogP contribution >= 0.6 is 0 Å². The van der Waals surface area contributed by atoms with Gasteiger partial charge in [-0.3, -0.25) is 14.4 Å². The van der Waals surface area contributed by atoms with Gasteiger partial charge in [0.1, 0.15) is 23.0 Å². The molecule has 5 rings (SSSR count). The van der Waals surface area contributed by atoms with E-state index in [9.17, 15) is 27.6 Å². The van der Waals surface area contributed by atoms with Crippen molar-refractivity contribution < 1.29 is 27.5 Å². The van der Waals surface area contributed by atoms with Crippen molar-refractivity contribution in [3.05, 3.63) is 62.8 Å². The van der Waals surface area contributed by atoms with Gasteiger partial charge in [-0.1, -0.05) is 19.8 Å². The van der Waals surface area contributed by atoms with Crippen LogP contribution in [0.15, 0.2) is 23.1 Å². The minimum Gasteiger partial charge on any atom is -0.487 e. The van der Waals surface area contributed by atoms with Crippen molar-refractivity contribution in [2.75, 3.05) is 13.2 Å². The third-order valence-corrected chi connectivity index (χ3v) is 7.61. The summed E-state index contributed by atoms with van der Waals surface area (Å²) in [5.74, 6) is -4.24. The molecule has 10 heteroatoms. The Bertz CT molecular complexity index is 1270. The highest BCUT2D eigenvalue weighted by molar-refractivity contribution is 5.99. The van der Waals surface area contributed by atoms with Crippen LogP contribution in [0.4, 0.5) is 13.2 Å². The van der Waals surface area contributed by atoms with Gasteiger partial charge in [0.05, 0.1) is 12.1 Å². The third kappa shape index (κ3) is 4.06. The van der Waals surface area contributed by atoms with Gasteiger partial charge in [0.25, 0.3) is 11.8 Å². The van der Waals surface area contributed by atoms with Gasteiger partial charge in [-0.15, -0.1) is 0 Å². The lowest BCUT2D eigenvalue weighted by molar-refractivity contribution is 0.0417. The second kappa shape index (κ2) is 9.29. The number of nitrogens with zero attached hydrogens (tertiary/aromatic N) is 2. The van der Waals surface area contributed by atoms with Crippen LogP contribution in [-0.2, 0) is 13.1 Å². The van der Waals surface area contributed by atoms with Crippen LogP contribution in [-0.4, -0.2) is 40.0 Å². The zero-order chi connectivity index (χ0) is 25.6. The fourth-order valence-electron chi connectivity index (χ4n) is 5.89. The normalized spacial score (nSPS) is 22.3. The molecule has 2 fully saturated rings. The molecule has 3 aliphatic rings. The Balaban J connectivity index is 1.50. The van der Waals surface area contributed by atoms with E-state index < -0.39 is 40.9 Å². The minimum atomic E-state index is -1.14. The first-order chi connectivity index (χ1) is 17.2. The van der Waals surface area contributed by atoms with Crippen LogP contribution in [0.5, 0.6) is 5.75 Å². The number of benzene rings is 1. The summed E-state index contributed by atoms with van der Waals surface area (Å²) in [4.78, 5) is 41.9. The number of hydrogen-bond acceptors (Lipinski definition) is 4. The molecule has 0 radical (unpaired) electrons. The van der Waals surface area contributed by atoms with Crippen molar-refractivity contribution in [3.63, 3.8) is 0 Å². The number of nitrogens with one attached hydrogen (secondary N) is 1. The molecule has 192 valence electrons. The summed E-state index contributed by atoms with van der Waals surface area (Å²) in [6, 6.07) is 1.04. The molecule has 2 bridgehead atoms. The molecule has 1 aromatic heterocycles. The summed E-state index contributed by atoms with van der Waals surface area (Å²) < 4.78 is 48.7. The van der Waals surface area contributed by atoms with Crippen LogP contribution < -0.4 is 15.5 Å². The van der Waals surface area contributed by atoms with Crippen molar-refractivity contribution in [2.45, 2.75) is 64.1 Å². The van der Waals surface area contributed by atoms with Gasteiger partial charge < -0.3 is 19.5 Å². The van der Waals surface area contributed by atoms with Crippen LogP contribution in [0.3, 0.4) is 0 Å². The molecule has 1 saturated heterocycles. The zero-order valence-corrected chi connectivity index (χ0v) is 20.0. The number of hydrogen-bond donors (Lipinski definition) is 1. The average molecular weight is 504 g/mol. The Hall–Kier alpha value is -3.30. The Labute approximate surface area is 206 Å². The van der Waals surface area contributed by atoms with Crippen LogP contribution in [0, 0.1) is 23.4 Å². The predicted molar refractivity (Wildman–Crippen MR) is 124 cm³/mol. The number of ether oxygens (including phenoxy) is 1. The van der Waals surface area contributed by atoms with E-state index in [1.807, 2.05) is 11.8 Å². The number of fused-ring (bicyclic) bond motifs is 2. The Morgan fingerprint density at radius 3 is 2.69 bits per heavy atom. The van der Waals surface area contributed by atoms with Gasteiger partial charge in [-0.2, -0.15) is 0 Å². The first-order valence-corrected chi connectivity index (χ1v) is 12.4. The second-order valence-electron chi connectivity index (χ2n) is 10.0. The molecule has 1 N–H and O–H groups in total. The fraction of sp³-hybridized carbons (Fsp3) is 0.500. The quantitative estimate of drug-likeness (QED) is 0.584. The summed E-state index contributed by atoms with van der Waals surface area (Å²) in [6.45, 7) is 2.68. The van der Waals surface area contributed by atoms with Gasteiger partial charge in [-0.25, -0.2) is 13.2 Å². The monoisotopic (exact) mass is 503 g/mol. The molecule has 2 atom stereocenters. The second-order valence-corrected chi connectivity index (χ2v) is 10.0. The standard InChI is InChI=1S/C26H28F3N3O4/c1-2-3-7-36-23-21-25(35)32-12-15-5-4-6-26(32,10-15)14-31(21)13-18(22(23)33)24(34)30-11-17-19(28)8-16(27)9-20(17)29/h8-9,13,15H,2-7,10-12,14H2,1H3,(H,30,34)/t15-,26+/m1/s1. The largest absolute Gasteiger partial charge is 0.487 e. The highest BCUT2D eigenvalue weighted by Crippen LogP contribution is 2.48. The summed E-state index contributed by atoms with van der Waals surface area (Å²) >= 11 is 0. The zero-order valence-electron chi connectivity index (χ0n) is 20.0. The van der Waals surface area contributed by atoms with E-state index in [1.54, 1.807) is 4.57 Å². The highest BCUT2D eigenvalue weighted by Gasteiger charge is 2.54. The Morgan fingerprint density at radius 1 is 1.22 bits per heavy atom. The molecule has 0 unspecified atom stereocenters. The molecule has 2 aliphatic heterocycles. The Kier molecular flexibility index (Phi) is 6.30. The first kappa shape index (κ1) is 24.4. The van der Waals surface area contributed by atoms with Crippen LogP contribution in [0.2, 0.25) is 0 Å². The lowest BCUT2D eigenvalue weighted by Crippen LogP contribution is -2.55. The lowest BCUT2D eigenvalue weighted by Gasteiger charge is -2.44. The minimum absolute atomic E-state index is 0.140. The Morgan fingerprint density at radius 2 is 1.97 bits per heavy atom. The molecule has 1 spiro atoms. The molecule has 3 heterocycles. The molecule has 2 aromatic rings. The highest BCUT2D eigenvalue weighted by atomic mass is 19.1. The van der Waals surface area contributed by atoms with Crippen molar-refractivity contribution in [1.82, 2.24) is 14.8 Å². The molecule has 36 heavy (non-hydrogen) atoms. The van der Waals surface area contributed by atoms with Crippen molar-refractivity contribution in [1.29, 1.82) is 0 Å². The van der Waals surface area contributed by atoms with Gasteiger partial charge in [0.2, 0.25) is 5.43 Å². The van der Waals surface area contributed by atoms with E-state index in [4.69, 9.17) is 4.74 Å². The van der Waals surface area contributed by atoms with Crippen molar-refractivity contribution >= 4 is 11.8 Å². The van der Waals surface area contributed by atoms with Gasteiger partial charge in [0, 0.05) is 43.5 Å². The molecular formula is C26H28F3N3O4. The number of amides is 2. The number of carbonyl (C=O) groups excluding carboxylic acids is 2. The van der Waals surface area contributed by atoms with E-state index in [0.29, 0.717) is 37.6 Å². The van der Waals surface area contributed by atoms with E-state index >= 15 is 0 Å². The summed E-state index contributed by atoms with van der Waals surface area (Å²) in [7, 11) is 0. The number of aromatic nitrogens is 1. The first-order valence-electron chi connectivity index (χ1n) is 12.4. The number of pyridine rings is 1. The van der Waals surface area contributed by atoms with Gasteiger partial charge >= 0.3 is 0 Å². The SMILES string of the molecule is CCCCOc1c2n(cc(C(=O)NCc3c(F)cc(F)cc3F)c1=O)C[C@@]13CCC[C@@H](CN1C2=O)C3.